The number of carboxylic acid groups (broad SMARTS) is 1. The summed E-state index contributed by atoms with van der Waals surface area (Å²) < 4.78 is 28.0. The molecule has 0 radical (unpaired) electrons. The monoisotopic (exact) mass is 345 g/mol. The van der Waals surface area contributed by atoms with Crippen molar-refractivity contribution in [2.75, 3.05) is 4.31 Å². The second-order valence-corrected chi connectivity index (χ2v) is 7.89. The summed E-state index contributed by atoms with van der Waals surface area (Å²) in [5, 5.41) is 9.18. The quantitative estimate of drug-likeness (QED) is 0.927. The highest BCUT2D eigenvalue weighted by Gasteiger charge is 2.34. The Morgan fingerprint density at radius 3 is 2.62 bits per heavy atom. The van der Waals surface area contributed by atoms with E-state index in [-0.39, 0.29) is 16.5 Å². The summed E-state index contributed by atoms with van der Waals surface area (Å²) in [7, 11) is -3.84. The number of sulfonamides is 1. The van der Waals surface area contributed by atoms with Crippen LogP contribution in [0.2, 0.25) is 0 Å². The van der Waals surface area contributed by atoms with Crippen LogP contribution >= 0.6 is 0 Å². The van der Waals surface area contributed by atoms with Gasteiger partial charge in [-0.05, 0) is 56.0 Å². The first kappa shape index (κ1) is 16.5. The number of nitrogens with zero attached hydrogens (tertiary/aromatic N) is 1. The molecule has 0 fully saturated rings. The first-order valence-corrected chi connectivity index (χ1v) is 9.22. The molecule has 6 heteroatoms. The predicted molar refractivity (Wildman–Crippen MR) is 92.0 cm³/mol. The Bertz CT molecular complexity index is 905. The van der Waals surface area contributed by atoms with Crippen molar-refractivity contribution >= 4 is 21.7 Å². The smallest absolute Gasteiger partial charge is 0.335 e. The molecule has 0 amide bonds. The van der Waals surface area contributed by atoms with Gasteiger partial charge in [0.2, 0.25) is 0 Å². The second kappa shape index (κ2) is 5.94. The van der Waals surface area contributed by atoms with E-state index in [2.05, 4.69) is 0 Å². The third kappa shape index (κ3) is 2.67. The summed E-state index contributed by atoms with van der Waals surface area (Å²) >= 11 is 0. The largest absolute Gasteiger partial charge is 0.478 e. The zero-order chi connectivity index (χ0) is 17.5. The van der Waals surface area contributed by atoms with Gasteiger partial charge < -0.3 is 5.11 Å². The van der Waals surface area contributed by atoms with E-state index in [4.69, 9.17) is 0 Å². The summed E-state index contributed by atoms with van der Waals surface area (Å²) in [6.07, 6.45) is 1.56. The van der Waals surface area contributed by atoms with Gasteiger partial charge in [0.05, 0.1) is 16.1 Å². The number of aryl methyl sites for hydroxylation is 2. The number of hydrogen-bond donors (Lipinski definition) is 1. The average molecular weight is 345 g/mol. The van der Waals surface area contributed by atoms with E-state index >= 15 is 0 Å². The highest BCUT2D eigenvalue weighted by atomic mass is 32.2. The van der Waals surface area contributed by atoms with E-state index in [9.17, 15) is 18.3 Å². The Morgan fingerprint density at radius 2 is 1.92 bits per heavy atom. The molecule has 1 atom stereocenters. The minimum atomic E-state index is -3.84. The molecule has 0 aliphatic carbocycles. The maximum Gasteiger partial charge on any atom is 0.335 e. The lowest BCUT2D eigenvalue weighted by atomic mass is 9.99. The Morgan fingerprint density at radius 1 is 1.21 bits per heavy atom. The molecule has 0 aromatic heterocycles. The summed E-state index contributed by atoms with van der Waals surface area (Å²) in [6, 6.07) is 11.5. The number of carbonyl (C=O) groups is 1. The van der Waals surface area contributed by atoms with Gasteiger partial charge in [0.15, 0.2) is 0 Å². The molecule has 0 unspecified atom stereocenters. The molecule has 1 N–H and O–H groups in total. The SMILES string of the molecule is Cc1ccc(C(=O)O)cc1S(=O)(=O)N1c2ccccc2CC[C@@H]1C. The Labute approximate surface area is 141 Å². The van der Waals surface area contributed by atoms with E-state index < -0.39 is 16.0 Å². The van der Waals surface area contributed by atoms with Gasteiger partial charge in [-0.15, -0.1) is 0 Å². The lowest BCUT2D eigenvalue weighted by Gasteiger charge is -2.36. The van der Waals surface area contributed by atoms with Crippen LogP contribution in [0.5, 0.6) is 0 Å². The molecular weight excluding hydrogens is 326 g/mol. The van der Waals surface area contributed by atoms with Crippen molar-refractivity contribution in [2.45, 2.75) is 37.6 Å². The summed E-state index contributed by atoms with van der Waals surface area (Å²) in [4.78, 5) is 11.3. The highest BCUT2D eigenvalue weighted by Crippen LogP contribution is 2.36. The molecular formula is C18H19NO4S. The number of para-hydroxylation sites is 1. The fourth-order valence-corrected chi connectivity index (χ4v) is 5.12. The Hall–Kier alpha value is -2.34. The average Bonchev–Trinajstić information content (AvgIpc) is 2.54. The second-order valence-electron chi connectivity index (χ2n) is 6.10. The van der Waals surface area contributed by atoms with Gasteiger partial charge in [0.1, 0.15) is 0 Å². The molecule has 5 nitrogen and oxygen atoms in total. The lowest BCUT2D eigenvalue weighted by molar-refractivity contribution is 0.0696. The minimum Gasteiger partial charge on any atom is -0.478 e. The Kier molecular flexibility index (Phi) is 4.09. The molecule has 0 spiro atoms. The normalized spacial score (nSPS) is 17.4. The summed E-state index contributed by atoms with van der Waals surface area (Å²) in [6.45, 7) is 3.56. The number of anilines is 1. The molecule has 1 heterocycles. The van der Waals surface area contributed by atoms with Crippen LogP contribution in [0.25, 0.3) is 0 Å². The third-order valence-electron chi connectivity index (χ3n) is 4.43. The van der Waals surface area contributed by atoms with Crippen LogP contribution in [-0.2, 0) is 16.4 Å². The standard InChI is InChI=1S/C18H19NO4S/c1-12-7-9-15(18(20)21)11-17(12)24(22,23)19-13(2)8-10-14-5-3-4-6-16(14)19/h3-7,9,11,13H,8,10H2,1-2H3,(H,20,21)/t13-/m0/s1. The van der Waals surface area contributed by atoms with Crippen molar-refractivity contribution in [3.05, 3.63) is 59.2 Å². The number of benzene rings is 2. The molecule has 126 valence electrons. The first-order chi connectivity index (χ1) is 11.3. The van der Waals surface area contributed by atoms with Crippen molar-refractivity contribution in [1.82, 2.24) is 0 Å². The van der Waals surface area contributed by atoms with Crippen molar-refractivity contribution in [3.8, 4) is 0 Å². The van der Waals surface area contributed by atoms with Crippen LogP contribution in [0.15, 0.2) is 47.4 Å². The first-order valence-electron chi connectivity index (χ1n) is 7.78. The van der Waals surface area contributed by atoms with Crippen molar-refractivity contribution in [1.29, 1.82) is 0 Å². The van der Waals surface area contributed by atoms with E-state index in [1.54, 1.807) is 13.0 Å². The molecule has 0 bridgehead atoms. The molecule has 1 aliphatic heterocycles. The molecule has 0 saturated carbocycles. The number of rotatable bonds is 3. The maximum absolute atomic E-state index is 13.3. The fourth-order valence-electron chi connectivity index (χ4n) is 3.14. The zero-order valence-corrected chi connectivity index (χ0v) is 14.4. The number of fused-ring (bicyclic) bond motifs is 1. The molecule has 2 aromatic carbocycles. The van der Waals surface area contributed by atoms with Gasteiger partial charge >= 0.3 is 5.97 Å². The van der Waals surface area contributed by atoms with Crippen molar-refractivity contribution < 1.29 is 18.3 Å². The maximum atomic E-state index is 13.3. The number of carboxylic acids is 1. The zero-order valence-electron chi connectivity index (χ0n) is 13.6. The van der Waals surface area contributed by atoms with Crippen LogP contribution in [0.3, 0.4) is 0 Å². The van der Waals surface area contributed by atoms with Crippen molar-refractivity contribution in [3.63, 3.8) is 0 Å². The topological polar surface area (TPSA) is 74.7 Å². The van der Waals surface area contributed by atoms with E-state index in [0.717, 1.165) is 18.4 Å². The van der Waals surface area contributed by atoms with Crippen LogP contribution in [0.4, 0.5) is 5.69 Å². The van der Waals surface area contributed by atoms with Gasteiger partial charge in [-0.3, -0.25) is 4.31 Å². The van der Waals surface area contributed by atoms with Gasteiger partial charge in [0, 0.05) is 6.04 Å². The Balaban J connectivity index is 2.18. The highest BCUT2D eigenvalue weighted by molar-refractivity contribution is 7.93. The fraction of sp³-hybridized carbons (Fsp3) is 0.278. The molecule has 24 heavy (non-hydrogen) atoms. The van der Waals surface area contributed by atoms with Gasteiger partial charge in [-0.25, -0.2) is 13.2 Å². The van der Waals surface area contributed by atoms with Crippen LogP contribution < -0.4 is 4.31 Å². The predicted octanol–water partition coefficient (Wildman–Crippen LogP) is 3.22. The third-order valence-corrected chi connectivity index (χ3v) is 6.50. The van der Waals surface area contributed by atoms with E-state index in [1.165, 1.54) is 22.5 Å². The van der Waals surface area contributed by atoms with Crippen LogP contribution in [-0.4, -0.2) is 25.5 Å². The summed E-state index contributed by atoms with van der Waals surface area (Å²) in [5.41, 5.74) is 2.18. The van der Waals surface area contributed by atoms with E-state index in [0.29, 0.717) is 11.3 Å². The van der Waals surface area contributed by atoms with Gasteiger partial charge in [-0.2, -0.15) is 0 Å². The minimum absolute atomic E-state index is 0.0304. The molecule has 3 rings (SSSR count). The van der Waals surface area contributed by atoms with Crippen molar-refractivity contribution in [2.24, 2.45) is 0 Å². The van der Waals surface area contributed by atoms with E-state index in [1.807, 2.05) is 25.1 Å². The molecule has 1 aliphatic rings. The lowest BCUT2D eigenvalue weighted by Crippen LogP contribution is -2.42. The number of hydrogen-bond acceptors (Lipinski definition) is 3. The number of aromatic carboxylic acids is 1. The van der Waals surface area contributed by atoms with Gasteiger partial charge in [-0.1, -0.05) is 24.3 Å². The summed E-state index contributed by atoms with van der Waals surface area (Å²) in [5.74, 6) is -1.14. The molecule has 0 saturated heterocycles. The van der Waals surface area contributed by atoms with Crippen LogP contribution in [0.1, 0.15) is 34.8 Å². The molecule has 2 aromatic rings. The van der Waals surface area contributed by atoms with Crippen LogP contribution in [0, 0.1) is 6.92 Å². The van der Waals surface area contributed by atoms with Gasteiger partial charge in [0.25, 0.3) is 10.0 Å².